The topological polar surface area (TPSA) is 24.5 Å². The number of nitrogens with one attached hydrogen (secondary N) is 1. The molecule has 0 bridgehead atoms. The Labute approximate surface area is 140 Å². The average molecular weight is 314 g/mol. The predicted octanol–water partition coefficient (Wildman–Crippen LogP) is 3.89. The maximum absolute atomic E-state index is 5.76. The van der Waals surface area contributed by atoms with Gasteiger partial charge in [-0.25, -0.2) is 5.01 Å². The zero-order chi connectivity index (χ0) is 15.7. The first kappa shape index (κ1) is 15.5. The van der Waals surface area contributed by atoms with Crippen LogP contribution in [0.3, 0.4) is 0 Å². The van der Waals surface area contributed by atoms with Crippen LogP contribution < -0.4 is 10.2 Å². The van der Waals surface area contributed by atoms with Crippen molar-refractivity contribution in [3.05, 3.63) is 29.8 Å². The Morgan fingerprint density at radius 1 is 1.22 bits per heavy atom. The van der Waals surface area contributed by atoms with Crippen LogP contribution in [0.4, 0.5) is 0 Å². The molecule has 3 aliphatic rings. The summed E-state index contributed by atoms with van der Waals surface area (Å²) in [5, 5.41) is 2.53. The highest BCUT2D eigenvalue weighted by Crippen LogP contribution is 2.45. The minimum absolute atomic E-state index is 0.311. The van der Waals surface area contributed by atoms with Crippen LogP contribution >= 0.6 is 0 Å². The van der Waals surface area contributed by atoms with Crippen LogP contribution in [0.1, 0.15) is 57.4 Å². The van der Waals surface area contributed by atoms with Crippen LogP contribution in [0.2, 0.25) is 0 Å². The van der Waals surface area contributed by atoms with Gasteiger partial charge < -0.3 is 4.74 Å². The van der Waals surface area contributed by atoms with Crippen molar-refractivity contribution in [2.75, 3.05) is 19.7 Å². The Morgan fingerprint density at radius 2 is 2.13 bits per heavy atom. The van der Waals surface area contributed by atoms with E-state index < -0.39 is 0 Å². The number of fused-ring (bicyclic) bond motifs is 1. The van der Waals surface area contributed by atoms with Crippen molar-refractivity contribution in [2.24, 2.45) is 5.92 Å². The molecule has 3 heteroatoms. The van der Waals surface area contributed by atoms with Gasteiger partial charge in [0.1, 0.15) is 5.75 Å². The number of rotatable bonds is 5. The van der Waals surface area contributed by atoms with Gasteiger partial charge in [0.15, 0.2) is 0 Å². The zero-order valence-electron chi connectivity index (χ0n) is 14.4. The van der Waals surface area contributed by atoms with E-state index in [1.54, 1.807) is 0 Å². The van der Waals surface area contributed by atoms with E-state index in [0.29, 0.717) is 11.5 Å². The molecule has 1 aromatic rings. The smallest absolute Gasteiger partial charge is 0.119 e. The molecule has 2 saturated carbocycles. The number of benzene rings is 1. The Bertz CT molecular complexity index is 542. The first-order valence-corrected chi connectivity index (χ1v) is 9.54. The lowest BCUT2D eigenvalue weighted by molar-refractivity contribution is 0.0250. The molecule has 3 nitrogen and oxygen atoms in total. The third-order valence-electron chi connectivity index (χ3n) is 6.09. The second kappa shape index (κ2) is 6.45. The van der Waals surface area contributed by atoms with E-state index >= 15 is 0 Å². The van der Waals surface area contributed by atoms with E-state index in [1.165, 1.54) is 63.6 Å². The predicted molar refractivity (Wildman–Crippen MR) is 93.6 cm³/mol. The molecule has 1 aromatic carbocycles. The molecule has 1 heterocycles. The molecule has 0 aromatic heterocycles. The van der Waals surface area contributed by atoms with E-state index in [1.807, 2.05) is 0 Å². The molecule has 3 fully saturated rings. The van der Waals surface area contributed by atoms with Gasteiger partial charge in [0.25, 0.3) is 0 Å². The number of ether oxygens (including phenoxy) is 1. The van der Waals surface area contributed by atoms with Gasteiger partial charge in [0, 0.05) is 24.5 Å². The fraction of sp³-hybridized carbons (Fsp3) is 0.700. The second-order valence-corrected chi connectivity index (χ2v) is 7.68. The Kier molecular flexibility index (Phi) is 4.33. The van der Waals surface area contributed by atoms with Gasteiger partial charge in [-0.2, -0.15) is 0 Å². The maximum atomic E-state index is 5.76. The molecule has 1 saturated heterocycles. The van der Waals surface area contributed by atoms with E-state index in [2.05, 4.69) is 41.6 Å². The Balaban J connectivity index is 1.57. The highest BCUT2D eigenvalue weighted by molar-refractivity contribution is 5.36. The summed E-state index contributed by atoms with van der Waals surface area (Å²) in [6, 6.07) is 9.51. The summed E-state index contributed by atoms with van der Waals surface area (Å²) >= 11 is 0. The minimum atomic E-state index is 0.311. The van der Waals surface area contributed by atoms with Crippen molar-refractivity contribution in [1.29, 1.82) is 0 Å². The first-order chi connectivity index (χ1) is 11.3. The average Bonchev–Trinajstić information content (AvgIpc) is 3.39. The molecule has 4 rings (SSSR count). The van der Waals surface area contributed by atoms with Gasteiger partial charge in [0.05, 0.1) is 6.61 Å². The minimum Gasteiger partial charge on any atom is -0.494 e. The highest BCUT2D eigenvalue weighted by atomic mass is 16.5. The van der Waals surface area contributed by atoms with Gasteiger partial charge in [-0.15, -0.1) is 0 Å². The summed E-state index contributed by atoms with van der Waals surface area (Å²) in [7, 11) is 0. The SMILES string of the molecule is CCOc1cccc(C23CCCCC2NN(CC2CC2)CC3)c1. The fourth-order valence-corrected chi connectivity index (χ4v) is 4.65. The summed E-state index contributed by atoms with van der Waals surface area (Å²) in [5.41, 5.74) is 5.71. The summed E-state index contributed by atoms with van der Waals surface area (Å²) in [5.74, 6) is 1.99. The lowest BCUT2D eigenvalue weighted by atomic mass is 9.63. The van der Waals surface area contributed by atoms with E-state index in [4.69, 9.17) is 4.74 Å². The third-order valence-corrected chi connectivity index (χ3v) is 6.09. The van der Waals surface area contributed by atoms with Crippen LogP contribution in [-0.2, 0) is 5.41 Å². The maximum Gasteiger partial charge on any atom is 0.119 e. The number of hydrogen-bond donors (Lipinski definition) is 1. The first-order valence-electron chi connectivity index (χ1n) is 9.54. The van der Waals surface area contributed by atoms with Gasteiger partial charge in [-0.3, -0.25) is 5.43 Å². The van der Waals surface area contributed by atoms with Crippen LogP contribution in [-0.4, -0.2) is 30.7 Å². The van der Waals surface area contributed by atoms with Gasteiger partial charge >= 0.3 is 0 Å². The standard InChI is InChI=1S/C20H30N2O/c1-2-23-18-7-5-6-17(14-18)20-11-4-3-8-19(20)21-22(13-12-20)15-16-9-10-16/h5-7,14,16,19,21H,2-4,8-13,15H2,1H3. The van der Waals surface area contributed by atoms with E-state index in [0.717, 1.165) is 18.3 Å². The number of nitrogens with zero attached hydrogens (tertiary/aromatic N) is 1. The molecule has 2 unspecified atom stereocenters. The molecular formula is C20H30N2O. The van der Waals surface area contributed by atoms with Gasteiger partial charge in [-0.05, 0) is 62.6 Å². The summed E-state index contributed by atoms with van der Waals surface area (Å²) < 4.78 is 5.76. The summed E-state index contributed by atoms with van der Waals surface area (Å²) in [6.45, 7) is 5.25. The lowest BCUT2D eigenvalue weighted by Crippen LogP contribution is -2.62. The van der Waals surface area contributed by atoms with E-state index in [-0.39, 0.29) is 0 Å². The molecule has 2 atom stereocenters. The largest absolute Gasteiger partial charge is 0.494 e. The van der Waals surface area contributed by atoms with Crippen LogP contribution in [0.15, 0.2) is 24.3 Å². The Hall–Kier alpha value is -1.06. The van der Waals surface area contributed by atoms with Crippen molar-refractivity contribution in [2.45, 2.75) is 63.3 Å². The van der Waals surface area contributed by atoms with Crippen LogP contribution in [0.5, 0.6) is 5.75 Å². The normalized spacial score (nSPS) is 31.6. The van der Waals surface area contributed by atoms with Crippen molar-refractivity contribution < 1.29 is 4.74 Å². The molecule has 0 radical (unpaired) electrons. The summed E-state index contributed by atoms with van der Waals surface area (Å²) in [6.07, 6.45) is 9.50. The molecule has 0 amide bonds. The van der Waals surface area contributed by atoms with Crippen molar-refractivity contribution >= 4 is 0 Å². The number of hydrogen-bond acceptors (Lipinski definition) is 3. The van der Waals surface area contributed by atoms with Gasteiger partial charge in [0.2, 0.25) is 0 Å². The lowest BCUT2D eigenvalue weighted by Gasteiger charge is -2.51. The molecule has 23 heavy (non-hydrogen) atoms. The van der Waals surface area contributed by atoms with Gasteiger partial charge in [-0.1, -0.05) is 25.0 Å². The summed E-state index contributed by atoms with van der Waals surface area (Å²) in [4.78, 5) is 0. The van der Waals surface area contributed by atoms with Crippen LogP contribution in [0.25, 0.3) is 0 Å². The molecular weight excluding hydrogens is 284 g/mol. The quantitative estimate of drug-likeness (QED) is 0.892. The highest BCUT2D eigenvalue weighted by Gasteiger charge is 2.46. The Morgan fingerprint density at radius 3 is 2.96 bits per heavy atom. The third kappa shape index (κ3) is 3.14. The van der Waals surface area contributed by atoms with Crippen LogP contribution in [0, 0.1) is 5.92 Å². The van der Waals surface area contributed by atoms with Crippen molar-refractivity contribution in [1.82, 2.24) is 10.4 Å². The monoisotopic (exact) mass is 314 g/mol. The zero-order valence-corrected chi connectivity index (χ0v) is 14.4. The van der Waals surface area contributed by atoms with Crippen molar-refractivity contribution in [3.63, 3.8) is 0 Å². The van der Waals surface area contributed by atoms with Crippen molar-refractivity contribution in [3.8, 4) is 5.75 Å². The fourth-order valence-electron chi connectivity index (χ4n) is 4.65. The molecule has 1 N–H and O–H groups in total. The molecule has 2 aliphatic carbocycles. The second-order valence-electron chi connectivity index (χ2n) is 7.68. The molecule has 126 valence electrons. The molecule has 0 spiro atoms. The molecule has 1 aliphatic heterocycles. The van der Waals surface area contributed by atoms with E-state index in [9.17, 15) is 0 Å². The number of hydrazine groups is 1.